The van der Waals surface area contributed by atoms with E-state index in [1.165, 1.54) is 0 Å². The zero-order valence-corrected chi connectivity index (χ0v) is 16.6. The van der Waals surface area contributed by atoms with E-state index in [2.05, 4.69) is 10.3 Å². The normalized spacial score (nSPS) is 11.0. The molecule has 0 bridgehead atoms. The van der Waals surface area contributed by atoms with Crippen LogP contribution in [0.2, 0.25) is 0 Å². The topological polar surface area (TPSA) is 84.5 Å². The Hall–Kier alpha value is -3.16. The van der Waals surface area contributed by atoms with Crippen molar-refractivity contribution in [3.63, 3.8) is 0 Å². The lowest BCUT2D eigenvalue weighted by Crippen LogP contribution is -2.44. The van der Waals surface area contributed by atoms with Gasteiger partial charge in [-0.3, -0.25) is 10.2 Å². The number of amides is 1. The molecule has 29 heavy (non-hydrogen) atoms. The molecule has 3 rings (SSSR count). The van der Waals surface area contributed by atoms with E-state index in [1.54, 1.807) is 36.4 Å². The van der Waals surface area contributed by atoms with Crippen LogP contribution in [0, 0.1) is 0 Å². The van der Waals surface area contributed by atoms with Gasteiger partial charge in [-0.25, -0.2) is 8.42 Å². The van der Waals surface area contributed by atoms with E-state index in [9.17, 15) is 13.2 Å². The molecule has 1 amide bonds. The lowest BCUT2D eigenvalue weighted by molar-refractivity contribution is -0.123. The van der Waals surface area contributed by atoms with Crippen molar-refractivity contribution < 1.29 is 17.9 Å². The van der Waals surface area contributed by atoms with E-state index in [1.807, 2.05) is 48.5 Å². The van der Waals surface area contributed by atoms with Crippen molar-refractivity contribution in [1.29, 1.82) is 0 Å². The number of carbonyl (C=O) groups is 1. The Kier molecular flexibility index (Phi) is 6.99. The summed E-state index contributed by atoms with van der Waals surface area (Å²) in [6.07, 6.45) is 0.669. The second-order valence-electron chi connectivity index (χ2n) is 6.45. The largest absolute Gasteiger partial charge is 0.483 e. The second kappa shape index (κ2) is 9.86. The maximum absolute atomic E-state index is 12.1. The average Bonchev–Trinajstić information content (AvgIpc) is 2.73. The highest BCUT2D eigenvalue weighted by Gasteiger charge is 2.13. The molecular weight excluding hydrogens is 388 g/mol. The third-order valence-electron chi connectivity index (χ3n) is 4.11. The SMILES string of the molecule is O=C(COc1ccccc1Cc1ccccc1)NNS(=O)(=O)Cc1ccccc1. The quantitative estimate of drug-likeness (QED) is 0.531. The van der Waals surface area contributed by atoms with E-state index < -0.39 is 15.9 Å². The molecule has 0 aliphatic rings. The number of hydrazine groups is 1. The van der Waals surface area contributed by atoms with Gasteiger partial charge in [0.15, 0.2) is 6.61 Å². The number of ether oxygens (including phenoxy) is 1. The third-order valence-corrected chi connectivity index (χ3v) is 5.24. The Morgan fingerprint density at radius 1 is 0.793 bits per heavy atom. The van der Waals surface area contributed by atoms with Gasteiger partial charge < -0.3 is 4.74 Å². The summed E-state index contributed by atoms with van der Waals surface area (Å²) >= 11 is 0. The van der Waals surface area contributed by atoms with Crippen molar-refractivity contribution in [1.82, 2.24) is 10.3 Å². The highest BCUT2D eigenvalue weighted by molar-refractivity contribution is 7.88. The minimum absolute atomic E-state index is 0.227. The van der Waals surface area contributed by atoms with Crippen LogP contribution in [0.3, 0.4) is 0 Å². The molecular formula is C22H22N2O4S. The standard InChI is InChI=1S/C22H22N2O4S/c25-22(23-24-29(26,27)17-19-11-5-2-6-12-19)16-28-21-14-8-7-13-20(21)15-18-9-3-1-4-10-18/h1-14,24H,15-17H2,(H,23,25). The summed E-state index contributed by atoms with van der Waals surface area (Å²) in [5.74, 6) is -0.232. The maximum Gasteiger partial charge on any atom is 0.272 e. The maximum atomic E-state index is 12.1. The monoisotopic (exact) mass is 410 g/mol. The number of hydrogen-bond donors (Lipinski definition) is 2. The molecule has 3 aromatic rings. The van der Waals surface area contributed by atoms with Crippen LogP contribution in [0.5, 0.6) is 5.75 Å². The molecule has 0 heterocycles. The molecule has 3 aromatic carbocycles. The lowest BCUT2D eigenvalue weighted by Gasteiger charge is -2.12. The summed E-state index contributed by atoms with van der Waals surface area (Å²) in [5.41, 5.74) is 4.87. The van der Waals surface area contributed by atoms with Crippen LogP contribution >= 0.6 is 0 Å². The van der Waals surface area contributed by atoms with Gasteiger partial charge in [0, 0.05) is 6.42 Å². The predicted octanol–water partition coefficient (Wildman–Crippen LogP) is 2.81. The highest BCUT2D eigenvalue weighted by Crippen LogP contribution is 2.21. The number of rotatable bonds is 9. The molecule has 7 heteroatoms. The van der Waals surface area contributed by atoms with E-state index in [0.717, 1.165) is 11.1 Å². The Balaban J connectivity index is 1.52. The van der Waals surface area contributed by atoms with E-state index in [4.69, 9.17) is 4.74 Å². The fourth-order valence-electron chi connectivity index (χ4n) is 2.75. The summed E-state index contributed by atoms with van der Waals surface area (Å²) in [6, 6.07) is 26.1. The van der Waals surface area contributed by atoms with E-state index in [0.29, 0.717) is 17.7 Å². The van der Waals surface area contributed by atoms with Crippen molar-refractivity contribution in [3.05, 3.63) is 102 Å². The van der Waals surface area contributed by atoms with Gasteiger partial charge in [-0.05, 0) is 22.8 Å². The van der Waals surface area contributed by atoms with Crippen LogP contribution in [0.4, 0.5) is 0 Å². The minimum atomic E-state index is -3.70. The average molecular weight is 410 g/mol. The molecule has 0 saturated heterocycles. The first-order chi connectivity index (χ1) is 14.0. The third kappa shape index (κ3) is 6.74. The lowest BCUT2D eigenvalue weighted by atomic mass is 10.0. The van der Waals surface area contributed by atoms with Crippen LogP contribution in [-0.4, -0.2) is 20.9 Å². The van der Waals surface area contributed by atoms with Gasteiger partial charge in [0.2, 0.25) is 10.0 Å². The molecule has 0 aliphatic carbocycles. The summed E-state index contributed by atoms with van der Waals surface area (Å²) < 4.78 is 29.7. The fourth-order valence-corrected chi connectivity index (χ4v) is 3.72. The molecule has 0 aliphatic heterocycles. The van der Waals surface area contributed by atoms with Gasteiger partial charge in [0.25, 0.3) is 5.91 Å². The van der Waals surface area contributed by atoms with Crippen molar-refractivity contribution in [2.45, 2.75) is 12.2 Å². The molecule has 0 fully saturated rings. The van der Waals surface area contributed by atoms with Gasteiger partial charge in [0.1, 0.15) is 5.75 Å². The van der Waals surface area contributed by atoms with Gasteiger partial charge >= 0.3 is 0 Å². The number of benzene rings is 3. The number of hydrogen-bond acceptors (Lipinski definition) is 4. The zero-order valence-electron chi connectivity index (χ0n) is 15.7. The van der Waals surface area contributed by atoms with Crippen LogP contribution in [-0.2, 0) is 27.0 Å². The van der Waals surface area contributed by atoms with Crippen molar-refractivity contribution in [3.8, 4) is 5.75 Å². The predicted molar refractivity (Wildman–Crippen MR) is 112 cm³/mol. The number of para-hydroxylation sites is 1. The smallest absolute Gasteiger partial charge is 0.272 e. The number of carbonyl (C=O) groups excluding carboxylic acids is 1. The highest BCUT2D eigenvalue weighted by atomic mass is 32.2. The van der Waals surface area contributed by atoms with E-state index in [-0.39, 0.29) is 12.4 Å². The minimum Gasteiger partial charge on any atom is -0.483 e. The van der Waals surface area contributed by atoms with Crippen molar-refractivity contribution >= 4 is 15.9 Å². The molecule has 6 nitrogen and oxygen atoms in total. The van der Waals surface area contributed by atoms with Gasteiger partial charge in [-0.15, -0.1) is 4.83 Å². The zero-order chi connectivity index (χ0) is 20.5. The molecule has 2 N–H and O–H groups in total. The van der Waals surface area contributed by atoms with Gasteiger partial charge in [-0.2, -0.15) is 0 Å². The first-order valence-electron chi connectivity index (χ1n) is 9.09. The molecule has 150 valence electrons. The Labute approximate surface area is 170 Å². The van der Waals surface area contributed by atoms with Crippen LogP contribution in [0.25, 0.3) is 0 Å². The summed E-state index contributed by atoms with van der Waals surface area (Å²) in [6.45, 7) is -0.306. The first-order valence-corrected chi connectivity index (χ1v) is 10.7. The van der Waals surface area contributed by atoms with Gasteiger partial charge in [-0.1, -0.05) is 78.9 Å². The second-order valence-corrected chi connectivity index (χ2v) is 8.18. The van der Waals surface area contributed by atoms with Gasteiger partial charge in [0.05, 0.1) is 5.75 Å². The summed E-state index contributed by atoms with van der Waals surface area (Å²) in [4.78, 5) is 14.1. The van der Waals surface area contributed by atoms with Crippen molar-refractivity contribution in [2.24, 2.45) is 0 Å². The summed E-state index contributed by atoms with van der Waals surface area (Å²) in [5, 5.41) is 0. The van der Waals surface area contributed by atoms with Crippen molar-refractivity contribution in [2.75, 3.05) is 6.61 Å². The molecule has 0 spiro atoms. The van der Waals surface area contributed by atoms with Crippen LogP contribution in [0.1, 0.15) is 16.7 Å². The fraction of sp³-hybridized carbons (Fsp3) is 0.136. The Morgan fingerprint density at radius 2 is 1.38 bits per heavy atom. The Morgan fingerprint density at radius 3 is 2.07 bits per heavy atom. The molecule has 0 aromatic heterocycles. The van der Waals surface area contributed by atoms with E-state index >= 15 is 0 Å². The number of nitrogens with one attached hydrogen (secondary N) is 2. The molecule has 0 radical (unpaired) electrons. The Bertz CT molecular complexity index is 1040. The number of sulfonamides is 1. The molecule has 0 saturated carbocycles. The van der Waals surface area contributed by atoms with Crippen LogP contribution < -0.4 is 15.0 Å². The molecule has 0 atom stereocenters. The van der Waals surface area contributed by atoms with Crippen LogP contribution in [0.15, 0.2) is 84.9 Å². The summed E-state index contributed by atoms with van der Waals surface area (Å²) in [7, 11) is -3.70. The molecule has 0 unspecified atom stereocenters. The first kappa shape index (κ1) is 20.6.